The first-order valence-electron chi connectivity index (χ1n) is 4.27. The van der Waals surface area contributed by atoms with Crippen LogP contribution in [0.3, 0.4) is 0 Å². The quantitative estimate of drug-likeness (QED) is 0.302. The van der Waals surface area contributed by atoms with E-state index in [4.69, 9.17) is 4.55 Å². The zero-order valence-corrected chi connectivity index (χ0v) is 10.3. The van der Waals surface area contributed by atoms with Crippen LogP contribution < -0.4 is 5.32 Å². The lowest BCUT2D eigenvalue weighted by Crippen LogP contribution is -2.13. The molecule has 0 rings (SSSR count). The molecule has 0 heterocycles. The highest BCUT2D eigenvalue weighted by molar-refractivity contribution is 7.80. The third-order valence-corrected chi connectivity index (χ3v) is 1.36. The molecule has 0 aliphatic carbocycles. The molecule has 0 aromatic rings. The minimum absolute atomic E-state index is 0.201. The monoisotopic (exact) mass is 255 g/mol. The summed E-state index contributed by atoms with van der Waals surface area (Å²) < 4.78 is 36.4. The van der Waals surface area contributed by atoms with E-state index in [1.807, 2.05) is 14.1 Å². The number of nitrogens with one attached hydrogen (secondary N) is 1. The van der Waals surface area contributed by atoms with Gasteiger partial charge in [-0.3, -0.25) is 4.55 Å². The molecule has 0 amide bonds. The maximum Gasteiger partial charge on any atom is 0.397 e. The third-order valence-electron chi connectivity index (χ3n) is 0.897. The summed E-state index contributed by atoms with van der Waals surface area (Å²) >= 11 is 0. The molecule has 8 heteroatoms. The zero-order chi connectivity index (χ0) is 13.2. The SMILES string of the molecule is C=C(C)C(=O)OCCOS(=O)(=O)O.CNC. The number of carbonyl (C=O) groups is 1. The number of hydrogen-bond donors (Lipinski definition) is 2. The Bertz CT molecular complexity index is 310. The Morgan fingerprint density at radius 3 is 2.12 bits per heavy atom. The topological polar surface area (TPSA) is 102 Å². The van der Waals surface area contributed by atoms with Gasteiger partial charge in [-0.15, -0.1) is 0 Å². The summed E-state index contributed by atoms with van der Waals surface area (Å²) in [5.74, 6) is -0.640. The maximum atomic E-state index is 10.7. The normalized spacial score (nSPS) is 10.0. The molecule has 96 valence electrons. The Balaban J connectivity index is 0. The van der Waals surface area contributed by atoms with E-state index in [0.29, 0.717) is 0 Å². The summed E-state index contributed by atoms with van der Waals surface area (Å²) in [6.45, 7) is 4.07. The van der Waals surface area contributed by atoms with Gasteiger partial charge in [0.05, 0.1) is 0 Å². The minimum atomic E-state index is -4.46. The van der Waals surface area contributed by atoms with Gasteiger partial charge in [0.15, 0.2) is 0 Å². The van der Waals surface area contributed by atoms with Crippen LogP contribution in [0.4, 0.5) is 0 Å². The van der Waals surface area contributed by atoms with Gasteiger partial charge in [0.2, 0.25) is 0 Å². The summed E-state index contributed by atoms with van der Waals surface area (Å²) in [5, 5.41) is 2.75. The molecule has 0 fully saturated rings. The van der Waals surface area contributed by atoms with Gasteiger partial charge in [0.1, 0.15) is 13.2 Å². The molecule has 0 aromatic heterocycles. The van der Waals surface area contributed by atoms with Crippen molar-refractivity contribution in [1.29, 1.82) is 0 Å². The molecular formula is C8H17NO6S. The molecule has 16 heavy (non-hydrogen) atoms. The molecule has 0 saturated heterocycles. The van der Waals surface area contributed by atoms with Crippen LogP contribution in [0.1, 0.15) is 6.92 Å². The average molecular weight is 255 g/mol. The molecule has 2 N–H and O–H groups in total. The van der Waals surface area contributed by atoms with Gasteiger partial charge in [0.25, 0.3) is 0 Å². The van der Waals surface area contributed by atoms with Crippen molar-refractivity contribution in [3.05, 3.63) is 12.2 Å². The molecule has 0 unspecified atom stereocenters. The van der Waals surface area contributed by atoms with Crippen molar-refractivity contribution in [3.8, 4) is 0 Å². The standard InChI is InChI=1S/C6H10O6S.C2H7N/c1-5(2)6(7)11-3-4-12-13(8,9)10;1-3-2/h1,3-4H2,2H3,(H,8,9,10);3H,1-2H3. The molecule has 7 nitrogen and oxygen atoms in total. The van der Waals surface area contributed by atoms with Crippen LogP contribution >= 0.6 is 0 Å². The van der Waals surface area contributed by atoms with Crippen LogP contribution in [-0.4, -0.2) is 46.2 Å². The summed E-state index contributed by atoms with van der Waals surface area (Å²) in [4.78, 5) is 10.7. The predicted molar refractivity (Wildman–Crippen MR) is 58.3 cm³/mol. The molecule has 0 saturated carbocycles. The van der Waals surface area contributed by atoms with Crippen molar-refractivity contribution in [2.75, 3.05) is 27.3 Å². The molecule has 0 aliphatic heterocycles. The van der Waals surface area contributed by atoms with Crippen LogP contribution in [0.5, 0.6) is 0 Å². The van der Waals surface area contributed by atoms with Crippen LogP contribution in [0, 0.1) is 0 Å². The molecule has 0 aliphatic rings. The Morgan fingerprint density at radius 2 is 1.81 bits per heavy atom. The van der Waals surface area contributed by atoms with E-state index < -0.39 is 23.0 Å². The van der Waals surface area contributed by atoms with Crippen molar-refractivity contribution >= 4 is 16.4 Å². The largest absolute Gasteiger partial charge is 0.460 e. The van der Waals surface area contributed by atoms with E-state index in [9.17, 15) is 13.2 Å². The Morgan fingerprint density at radius 1 is 1.38 bits per heavy atom. The van der Waals surface area contributed by atoms with E-state index in [0.717, 1.165) is 0 Å². The number of rotatable bonds is 5. The lowest BCUT2D eigenvalue weighted by atomic mass is 10.4. The smallest absolute Gasteiger partial charge is 0.397 e. The second kappa shape index (κ2) is 9.28. The second-order valence-electron chi connectivity index (χ2n) is 2.67. The first-order chi connectivity index (χ1) is 7.24. The Kier molecular flexibility index (Phi) is 10.1. The predicted octanol–water partition coefficient (Wildman–Crippen LogP) is -0.239. The molecule has 0 atom stereocenters. The molecule has 0 spiro atoms. The van der Waals surface area contributed by atoms with Crippen molar-refractivity contribution in [3.63, 3.8) is 0 Å². The average Bonchev–Trinajstić information content (AvgIpc) is 2.11. The van der Waals surface area contributed by atoms with Gasteiger partial charge >= 0.3 is 16.4 Å². The van der Waals surface area contributed by atoms with Gasteiger partial charge in [-0.25, -0.2) is 8.98 Å². The molecule has 0 radical (unpaired) electrons. The van der Waals surface area contributed by atoms with Gasteiger partial charge in [-0.05, 0) is 21.0 Å². The summed E-state index contributed by atoms with van der Waals surface area (Å²) in [7, 11) is -0.706. The molecular weight excluding hydrogens is 238 g/mol. The lowest BCUT2D eigenvalue weighted by molar-refractivity contribution is -0.139. The van der Waals surface area contributed by atoms with E-state index in [1.54, 1.807) is 0 Å². The van der Waals surface area contributed by atoms with Gasteiger partial charge in [-0.1, -0.05) is 6.58 Å². The van der Waals surface area contributed by atoms with Crippen molar-refractivity contribution < 1.29 is 26.7 Å². The minimum Gasteiger partial charge on any atom is -0.460 e. The number of esters is 1. The number of ether oxygens (including phenoxy) is 1. The van der Waals surface area contributed by atoms with Crippen LogP contribution in [0.15, 0.2) is 12.2 Å². The van der Waals surface area contributed by atoms with Crippen LogP contribution in [-0.2, 0) is 24.1 Å². The van der Waals surface area contributed by atoms with E-state index in [1.165, 1.54) is 6.92 Å². The first-order valence-corrected chi connectivity index (χ1v) is 5.64. The fraction of sp³-hybridized carbons (Fsp3) is 0.625. The Labute approximate surface area is 95.4 Å². The lowest BCUT2D eigenvalue weighted by Gasteiger charge is -2.02. The van der Waals surface area contributed by atoms with E-state index in [-0.39, 0.29) is 12.2 Å². The van der Waals surface area contributed by atoms with Crippen LogP contribution in [0.2, 0.25) is 0 Å². The fourth-order valence-electron chi connectivity index (χ4n) is 0.397. The van der Waals surface area contributed by atoms with Gasteiger partial charge < -0.3 is 10.1 Å². The number of hydrogen-bond acceptors (Lipinski definition) is 6. The zero-order valence-electron chi connectivity index (χ0n) is 9.52. The van der Waals surface area contributed by atoms with Crippen molar-refractivity contribution in [2.45, 2.75) is 6.92 Å². The third kappa shape index (κ3) is 15.5. The highest BCUT2D eigenvalue weighted by Gasteiger charge is 2.06. The van der Waals surface area contributed by atoms with Crippen molar-refractivity contribution in [2.24, 2.45) is 0 Å². The van der Waals surface area contributed by atoms with Crippen molar-refractivity contribution in [1.82, 2.24) is 5.32 Å². The van der Waals surface area contributed by atoms with Crippen LogP contribution in [0.25, 0.3) is 0 Å². The summed E-state index contributed by atoms with van der Waals surface area (Å²) in [6, 6.07) is 0. The highest BCUT2D eigenvalue weighted by Crippen LogP contribution is 1.92. The molecule has 0 bridgehead atoms. The first kappa shape index (κ1) is 17.4. The highest BCUT2D eigenvalue weighted by atomic mass is 32.3. The summed E-state index contributed by atoms with van der Waals surface area (Å²) in [5.41, 5.74) is 0.201. The Hall–Kier alpha value is -0.960. The van der Waals surface area contributed by atoms with E-state index in [2.05, 4.69) is 20.8 Å². The molecule has 0 aromatic carbocycles. The second-order valence-corrected chi connectivity index (χ2v) is 3.76. The van der Waals surface area contributed by atoms with Gasteiger partial charge in [-0.2, -0.15) is 8.42 Å². The summed E-state index contributed by atoms with van der Waals surface area (Å²) in [6.07, 6.45) is 0. The van der Waals surface area contributed by atoms with E-state index >= 15 is 0 Å². The number of carbonyl (C=O) groups excluding carboxylic acids is 1. The fourth-order valence-corrected chi connectivity index (χ4v) is 0.676. The van der Waals surface area contributed by atoms with Gasteiger partial charge in [0, 0.05) is 5.57 Å². The maximum absolute atomic E-state index is 10.7.